The lowest BCUT2D eigenvalue weighted by Crippen LogP contribution is -2.27. The number of benzene rings is 6. The van der Waals surface area contributed by atoms with Crippen LogP contribution in [0.3, 0.4) is 0 Å². The topological polar surface area (TPSA) is 20.2 Å². The van der Waals surface area contributed by atoms with Crippen LogP contribution in [0.1, 0.15) is 16.7 Å². The van der Waals surface area contributed by atoms with E-state index in [0.717, 1.165) is 68.8 Å². The molecule has 0 aromatic heterocycles. The fourth-order valence-corrected chi connectivity index (χ4v) is 8.49. The van der Waals surface area contributed by atoms with Crippen LogP contribution in [0.15, 0.2) is 146 Å². The summed E-state index contributed by atoms with van der Waals surface area (Å²) in [5.41, 5.74) is 10.4. The van der Waals surface area contributed by atoms with Crippen molar-refractivity contribution in [3.63, 3.8) is 0 Å². The van der Waals surface area contributed by atoms with E-state index in [-0.39, 0.29) is 0 Å². The average molecular weight is 674 g/mol. The van der Waals surface area contributed by atoms with Crippen LogP contribution in [-0.2, 0) is 5.60 Å². The van der Waals surface area contributed by atoms with Crippen molar-refractivity contribution in [1.29, 1.82) is 0 Å². The highest BCUT2D eigenvalue weighted by atomic mass is 79.9. The number of fused-ring (bicyclic) bond motifs is 5. The van der Waals surface area contributed by atoms with E-state index in [9.17, 15) is 5.11 Å². The van der Waals surface area contributed by atoms with Gasteiger partial charge in [0.25, 0.3) is 0 Å². The summed E-state index contributed by atoms with van der Waals surface area (Å²) in [6, 6.07) is 44.5. The van der Waals surface area contributed by atoms with Crippen molar-refractivity contribution in [1.82, 2.24) is 0 Å². The molecule has 0 spiro atoms. The van der Waals surface area contributed by atoms with Crippen molar-refractivity contribution in [2.24, 2.45) is 0 Å². The highest BCUT2D eigenvalue weighted by molar-refractivity contribution is 9.10. The molecule has 196 valence electrons. The van der Waals surface area contributed by atoms with E-state index in [2.05, 4.69) is 141 Å². The Morgan fingerprint density at radius 3 is 1.44 bits per heavy atom. The Bertz CT molecular complexity index is 1910. The van der Waals surface area contributed by atoms with Crippen LogP contribution < -0.4 is 0 Å². The van der Waals surface area contributed by atoms with Crippen LogP contribution >= 0.6 is 43.6 Å². The molecule has 6 aromatic carbocycles. The highest BCUT2D eigenvalue weighted by Crippen LogP contribution is 2.61. The lowest BCUT2D eigenvalue weighted by atomic mass is 9.81. The van der Waals surface area contributed by atoms with Crippen LogP contribution in [0, 0.1) is 0 Å². The Morgan fingerprint density at radius 1 is 0.463 bits per heavy atom. The van der Waals surface area contributed by atoms with Gasteiger partial charge in [0.1, 0.15) is 5.60 Å². The molecule has 6 aromatic rings. The summed E-state index contributed by atoms with van der Waals surface area (Å²) in [5.74, 6) is 0. The molecule has 41 heavy (non-hydrogen) atoms. The Labute approximate surface area is 260 Å². The van der Waals surface area contributed by atoms with Crippen LogP contribution in [0.2, 0.25) is 0 Å². The van der Waals surface area contributed by atoms with E-state index in [0.29, 0.717) is 0 Å². The van der Waals surface area contributed by atoms with Gasteiger partial charge in [-0.15, -0.1) is 0 Å². The van der Waals surface area contributed by atoms with E-state index in [1.54, 1.807) is 11.8 Å². The molecule has 0 radical (unpaired) electrons. The molecule has 0 saturated carbocycles. The molecule has 2 aliphatic carbocycles. The van der Waals surface area contributed by atoms with Crippen LogP contribution in [0.5, 0.6) is 0 Å². The molecular weight excluding hydrogens is 652 g/mol. The number of halogens is 2. The van der Waals surface area contributed by atoms with Crippen molar-refractivity contribution >= 4 is 43.6 Å². The summed E-state index contributed by atoms with van der Waals surface area (Å²) in [6.07, 6.45) is 0. The second-order valence-electron chi connectivity index (χ2n) is 10.5. The second kappa shape index (κ2) is 9.57. The lowest BCUT2D eigenvalue weighted by molar-refractivity contribution is 0.128. The number of hydrogen-bond acceptors (Lipinski definition) is 2. The highest BCUT2D eigenvalue weighted by Gasteiger charge is 2.47. The van der Waals surface area contributed by atoms with Gasteiger partial charge in [-0.25, -0.2) is 0 Å². The summed E-state index contributed by atoms with van der Waals surface area (Å²) >= 11 is 9.36. The molecule has 8 rings (SSSR count). The molecular formula is C37H22Br2OS. The fourth-order valence-electron chi connectivity index (χ4n) is 6.56. The number of rotatable bonds is 3. The van der Waals surface area contributed by atoms with Crippen molar-refractivity contribution in [3.8, 4) is 44.5 Å². The summed E-state index contributed by atoms with van der Waals surface area (Å²) in [6.45, 7) is 0. The Balaban J connectivity index is 1.52. The predicted octanol–water partition coefficient (Wildman–Crippen LogP) is 10.9. The number of aliphatic hydroxyl groups is 1. The predicted molar refractivity (Wildman–Crippen MR) is 176 cm³/mol. The SMILES string of the molecule is OC1(c2ccccc2Sc2ccccc2)c2cc(Br)cc3c2-c2c(cc(Br)cc21)-c1ccccc1-c1ccccc1-3. The molecule has 4 heteroatoms. The third-order valence-electron chi connectivity index (χ3n) is 8.21. The van der Waals surface area contributed by atoms with Crippen molar-refractivity contribution < 1.29 is 5.11 Å². The van der Waals surface area contributed by atoms with E-state index < -0.39 is 5.60 Å². The summed E-state index contributed by atoms with van der Waals surface area (Å²) in [7, 11) is 0. The van der Waals surface area contributed by atoms with E-state index in [1.165, 1.54) is 11.1 Å². The van der Waals surface area contributed by atoms with Gasteiger partial charge >= 0.3 is 0 Å². The molecule has 2 aliphatic rings. The first-order valence-electron chi connectivity index (χ1n) is 13.5. The minimum Gasteiger partial charge on any atom is -0.376 e. The van der Waals surface area contributed by atoms with Gasteiger partial charge in [-0.3, -0.25) is 0 Å². The van der Waals surface area contributed by atoms with Crippen molar-refractivity contribution in [3.05, 3.63) is 153 Å². The van der Waals surface area contributed by atoms with Gasteiger partial charge in [0, 0.05) is 35.4 Å². The van der Waals surface area contributed by atoms with Gasteiger partial charge in [0.05, 0.1) is 0 Å². The molecule has 0 heterocycles. The lowest BCUT2D eigenvalue weighted by Gasteiger charge is -2.29. The molecule has 0 aliphatic heterocycles. The van der Waals surface area contributed by atoms with Gasteiger partial charge in [-0.1, -0.05) is 129 Å². The molecule has 0 unspecified atom stereocenters. The zero-order valence-corrected chi connectivity index (χ0v) is 25.7. The van der Waals surface area contributed by atoms with Gasteiger partial charge in [-0.2, -0.15) is 0 Å². The molecule has 1 N–H and O–H groups in total. The van der Waals surface area contributed by atoms with Gasteiger partial charge < -0.3 is 5.11 Å². The molecule has 0 bridgehead atoms. The fraction of sp³-hybridized carbons (Fsp3) is 0.0270. The summed E-state index contributed by atoms with van der Waals surface area (Å²) in [4.78, 5) is 2.16. The maximum atomic E-state index is 13.3. The summed E-state index contributed by atoms with van der Waals surface area (Å²) < 4.78 is 1.88. The minimum absolute atomic E-state index is 0.878. The van der Waals surface area contributed by atoms with Crippen LogP contribution in [0.4, 0.5) is 0 Å². The number of hydrogen-bond donors (Lipinski definition) is 1. The maximum Gasteiger partial charge on any atom is 0.142 e. The smallest absolute Gasteiger partial charge is 0.142 e. The minimum atomic E-state index is -1.37. The Kier molecular flexibility index (Phi) is 5.91. The zero-order chi connectivity index (χ0) is 27.7. The second-order valence-corrected chi connectivity index (χ2v) is 13.4. The van der Waals surface area contributed by atoms with Gasteiger partial charge in [-0.05, 0) is 87.0 Å². The van der Waals surface area contributed by atoms with Gasteiger partial charge in [0.15, 0.2) is 0 Å². The Hall–Kier alpha value is -3.41. The van der Waals surface area contributed by atoms with Crippen LogP contribution in [0.25, 0.3) is 44.5 Å². The standard InChI is InChI=1S/C37H22Br2OS/c38-22-18-29-27-14-6-4-12-25(27)26-13-5-7-15-28(26)30-19-23(39)21-33-36(30)35(29)32(20-22)37(33,40)31-16-8-9-17-34(31)41-24-10-2-1-3-11-24/h1-21,40H. The molecule has 0 atom stereocenters. The average Bonchev–Trinajstić information content (AvgIpc) is 3.25. The third kappa shape index (κ3) is 3.78. The molecule has 0 saturated heterocycles. The summed E-state index contributed by atoms with van der Waals surface area (Å²) in [5, 5.41) is 13.3. The molecule has 0 amide bonds. The van der Waals surface area contributed by atoms with E-state index in [4.69, 9.17) is 0 Å². The first-order valence-corrected chi connectivity index (χ1v) is 15.9. The van der Waals surface area contributed by atoms with E-state index in [1.807, 2.05) is 18.2 Å². The largest absolute Gasteiger partial charge is 0.376 e. The Morgan fingerprint density at radius 2 is 0.902 bits per heavy atom. The third-order valence-corrected chi connectivity index (χ3v) is 10.2. The van der Waals surface area contributed by atoms with E-state index >= 15 is 0 Å². The molecule has 0 fully saturated rings. The van der Waals surface area contributed by atoms with Crippen LogP contribution in [-0.4, -0.2) is 5.11 Å². The van der Waals surface area contributed by atoms with Crippen molar-refractivity contribution in [2.75, 3.05) is 0 Å². The first kappa shape index (κ1) is 25.3. The zero-order valence-electron chi connectivity index (χ0n) is 21.7. The first-order chi connectivity index (χ1) is 20.0. The quantitative estimate of drug-likeness (QED) is 0.201. The van der Waals surface area contributed by atoms with Gasteiger partial charge in [0.2, 0.25) is 0 Å². The monoisotopic (exact) mass is 672 g/mol. The maximum absolute atomic E-state index is 13.3. The van der Waals surface area contributed by atoms with Crippen molar-refractivity contribution in [2.45, 2.75) is 15.4 Å². The molecule has 1 nitrogen and oxygen atoms in total. The normalized spacial score (nSPS) is 13.5.